The summed E-state index contributed by atoms with van der Waals surface area (Å²) in [6.45, 7) is -0.508. The van der Waals surface area contributed by atoms with E-state index in [0.717, 1.165) is 8.78 Å². The Morgan fingerprint density at radius 1 is 1.04 bits per heavy atom. The molecule has 0 unspecified atom stereocenters. The van der Waals surface area contributed by atoms with Gasteiger partial charge >= 0.3 is 0 Å². The van der Waals surface area contributed by atoms with Gasteiger partial charge in [0.05, 0.1) is 20.6 Å². The summed E-state index contributed by atoms with van der Waals surface area (Å²) in [5, 5.41) is -0.480. The maximum atomic E-state index is 12.8. The number of benzene rings is 2. The van der Waals surface area contributed by atoms with E-state index in [9.17, 15) is 13.2 Å². The quantitative estimate of drug-likeness (QED) is 0.611. The Hall–Kier alpha value is -0.790. The highest BCUT2D eigenvalue weighted by molar-refractivity contribution is 9.10. The van der Waals surface area contributed by atoms with Crippen LogP contribution in [-0.4, -0.2) is 20.2 Å². The van der Waals surface area contributed by atoms with Crippen LogP contribution < -0.4 is 4.31 Å². The first kappa shape index (κ1) is 18.5. The van der Waals surface area contributed by atoms with Gasteiger partial charge in [-0.2, -0.15) is 0 Å². The van der Waals surface area contributed by atoms with E-state index in [-0.39, 0.29) is 14.9 Å². The lowest BCUT2D eigenvalue weighted by atomic mass is 10.3. The third-order valence-corrected chi connectivity index (χ3v) is 6.02. The zero-order chi connectivity index (χ0) is 17.2. The second kappa shape index (κ2) is 7.40. The topological polar surface area (TPSA) is 54.5 Å². The summed E-state index contributed by atoms with van der Waals surface area (Å²) in [4.78, 5) is 11.2. The molecule has 4 nitrogen and oxygen atoms in total. The van der Waals surface area contributed by atoms with Gasteiger partial charge in [0, 0.05) is 4.47 Å². The van der Waals surface area contributed by atoms with Crippen molar-refractivity contribution in [3.63, 3.8) is 0 Å². The minimum atomic E-state index is -4.03. The van der Waals surface area contributed by atoms with E-state index in [1.165, 1.54) is 18.2 Å². The normalized spacial score (nSPS) is 11.3. The van der Waals surface area contributed by atoms with Crippen molar-refractivity contribution in [1.82, 2.24) is 0 Å². The average Bonchev–Trinajstić information content (AvgIpc) is 2.48. The molecule has 0 N–H and O–H groups in total. The number of nitrogens with zero attached hydrogens (tertiary/aromatic N) is 1. The Labute approximate surface area is 157 Å². The highest BCUT2D eigenvalue weighted by Gasteiger charge is 2.27. The summed E-state index contributed by atoms with van der Waals surface area (Å²) in [5.74, 6) is 0. The van der Waals surface area contributed by atoms with E-state index in [2.05, 4.69) is 15.9 Å². The van der Waals surface area contributed by atoms with Gasteiger partial charge in [-0.1, -0.05) is 39.1 Å². The molecule has 0 spiro atoms. The van der Waals surface area contributed by atoms with Crippen LogP contribution in [0.4, 0.5) is 5.69 Å². The number of carbonyl (C=O) groups excluding carboxylic acids is 1. The lowest BCUT2D eigenvalue weighted by molar-refractivity contribution is -0.110. The predicted molar refractivity (Wildman–Crippen MR) is 96.0 cm³/mol. The average molecular weight is 458 g/mol. The van der Waals surface area contributed by atoms with Gasteiger partial charge < -0.3 is 0 Å². The molecule has 2 rings (SSSR count). The molecule has 0 bridgehead atoms. The lowest BCUT2D eigenvalue weighted by Gasteiger charge is -2.23. The smallest absolute Gasteiger partial charge is 0.264 e. The first-order valence-electron chi connectivity index (χ1n) is 6.13. The summed E-state index contributed by atoms with van der Waals surface area (Å²) in [5.41, 5.74) is 0.299. The Kier molecular flexibility index (Phi) is 5.97. The van der Waals surface area contributed by atoms with Crippen LogP contribution in [0, 0.1) is 0 Å². The van der Waals surface area contributed by atoms with Crippen LogP contribution in [0.5, 0.6) is 0 Å². The second-order valence-corrected chi connectivity index (χ2v) is 8.43. The zero-order valence-corrected chi connectivity index (χ0v) is 16.0. The van der Waals surface area contributed by atoms with Crippen LogP contribution in [0.1, 0.15) is 0 Å². The van der Waals surface area contributed by atoms with Crippen LogP contribution >= 0.6 is 50.7 Å². The van der Waals surface area contributed by atoms with E-state index in [0.29, 0.717) is 5.69 Å². The molecule has 0 aliphatic rings. The molecule has 2 aromatic rings. The van der Waals surface area contributed by atoms with Crippen molar-refractivity contribution in [2.45, 2.75) is 4.90 Å². The van der Waals surface area contributed by atoms with Gasteiger partial charge in [-0.05, 0) is 54.1 Å². The first-order valence-corrected chi connectivity index (χ1v) is 9.50. The van der Waals surface area contributed by atoms with Gasteiger partial charge in [-0.25, -0.2) is 8.42 Å². The van der Waals surface area contributed by atoms with Crippen LogP contribution in [-0.2, 0) is 14.8 Å². The number of anilines is 1. The van der Waals surface area contributed by atoms with Crippen LogP contribution in [0.25, 0.3) is 0 Å². The Balaban J connectivity index is 2.54. The molecule has 0 radical (unpaired) electrons. The monoisotopic (exact) mass is 455 g/mol. The van der Waals surface area contributed by atoms with Gasteiger partial charge in [0.25, 0.3) is 10.0 Å². The molecule has 0 aliphatic carbocycles. The fourth-order valence-corrected chi connectivity index (χ4v) is 4.07. The Morgan fingerprint density at radius 3 is 2.17 bits per heavy atom. The van der Waals surface area contributed by atoms with E-state index < -0.39 is 21.8 Å². The maximum absolute atomic E-state index is 12.8. The van der Waals surface area contributed by atoms with Gasteiger partial charge in [-0.15, -0.1) is 0 Å². The van der Waals surface area contributed by atoms with Gasteiger partial charge in [0.1, 0.15) is 6.54 Å². The van der Waals surface area contributed by atoms with E-state index in [1.807, 2.05) is 0 Å². The van der Waals surface area contributed by atoms with Gasteiger partial charge in [0.15, 0.2) is 0 Å². The standard InChI is InChI=1S/C14H9BrCl3NO3S/c15-9-1-3-10(4-2-9)19(8-14(18)20)23(21,22)11-5-6-12(16)13(17)7-11/h1-7H,8H2. The van der Waals surface area contributed by atoms with Crippen LogP contribution in [0.2, 0.25) is 10.0 Å². The highest BCUT2D eigenvalue weighted by atomic mass is 79.9. The van der Waals surface area contributed by atoms with E-state index >= 15 is 0 Å². The molecule has 0 fully saturated rings. The largest absolute Gasteiger partial charge is 0.279 e. The van der Waals surface area contributed by atoms with Crippen molar-refractivity contribution in [2.24, 2.45) is 0 Å². The SMILES string of the molecule is O=C(Cl)CN(c1ccc(Br)cc1)S(=O)(=O)c1ccc(Cl)c(Cl)c1. The summed E-state index contributed by atoms with van der Waals surface area (Å²) in [6, 6.07) is 10.3. The Morgan fingerprint density at radius 2 is 1.65 bits per heavy atom. The first-order chi connectivity index (χ1) is 10.7. The Bertz CT molecular complexity index is 841. The summed E-state index contributed by atoms with van der Waals surface area (Å²) in [7, 11) is -4.03. The molecule has 122 valence electrons. The van der Waals surface area contributed by atoms with Crippen LogP contribution in [0.3, 0.4) is 0 Å². The number of hydrogen-bond donors (Lipinski definition) is 0. The number of halogens is 4. The molecular weight excluding hydrogens is 448 g/mol. The number of sulfonamides is 1. The minimum Gasteiger partial charge on any atom is -0.279 e. The number of hydrogen-bond acceptors (Lipinski definition) is 3. The van der Waals surface area contributed by atoms with Crippen molar-refractivity contribution in [1.29, 1.82) is 0 Å². The molecule has 9 heteroatoms. The fraction of sp³-hybridized carbons (Fsp3) is 0.0714. The van der Waals surface area contributed by atoms with E-state index in [1.54, 1.807) is 24.3 Å². The fourth-order valence-electron chi connectivity index (χ4n) is 1.80. The molecule has 0 amide bonds. The molecule has 0 saturated heterocycles. The molecule has 2 aromatic carbocycles. The number of carbonyl (C=O) groups is 1. The molecule has 0 aliphatic heterocycles. The van der Waals surface area contributed by atoms with E-state index in [4.69, 9.17) is 34.8 Å². The lowest BCUT2D eigenvalue weighted by Crippen LogP contribution is -2.34. The molecule has 0 heterocycles. The highest BCUT2D eigenvalue weighted by Crippen LogP contribution is 2.29. The third kappa shape index (κ3) is 4.39. The molecule has 0 saturated carbocycles. The minimum absolute atomic E-state index is 0.0901. The summed E-state index contributed by atoms with van der Waals surface area (Å²) < 4.78 is 27.3. The maximum Gasteiger partial charge on any atom is 0.264 e. The van der Waals surface area contributed by atoms with Crippen LogP contribution in [0.15, 0.2) is 51.8 Å². The van der Waals surface area contributed by atoms with Gasteiger partial charge in [-0.3, -0.25) is 9.10 Å². The van der Waals surface area contributed by atoms with Crippen molar-refractivity contribution >= 4 is 71.7 Å². The summed E-state index contributed by atoms with van der Waals surface area (Å²) in [6.07, 6.45) is 0. The number of rotatable bonds is 5. The zero-order valence-electron chi connectivity index (χ0n) is 11.3. The van der Waals surface area contributed by atoms with Crippen molar-refractivity contribution in [3.8, 4) is 0 Å². The predicted octanol–water partition coefficient (Wildman–Crippen LogP) is 4.72. The van der Waals surface area contributed by atoms with Crippen molar-refractivity contribution in [2.75, 3.05) is 10.8 Å². The molecule has 23 heavy (non-hydrogen) atoms. The molecule has 0 aromatic heterocycles. The summed E-state index contributed by atoms with van der Waals surface area (Å²) >= 11 is 20.4. The van der Waals surface area contributed by atoms with Gasteiger partial charge in [0.2, 0.25) is 5.24 Å². The molecule has 0 atom stereocenters. The second-order valence-electron chi connectivity index (χ2n) is 4.42. The van der Waals surface area contributed by atoms with Crippen molar-refractivity contribution < 1.29 is 13.2 Å². The molecular formula is C14H9BrCl3NO3S. The van der Waals surface area contributed by atoms with Crippen molar-refractivity contribution in [3.05, 3.63) is 57.0 Å². The third-order valence-electron chi connectivity index (χ3n) is 2.86.